The number of fused-ring (bicyclic) bond motifs is 2. The summed E-state index contributed by atoms with van der Waals surface area (Å²) in [6, 6.07) is 9.14. The summed E-state index contributed by atoms with van der Waals surface area (Å²) >= 11 is 0. The Morgan fingerprint density at radius 1 is 1.34 bits per heavy atom. The molecule has 2 heterocycles. The molecule has 1 aromatic heterocycles. The molecule has 1 aromatic carbocycles. The molecular formula is C26H31FN4O4. The second-order valence-corrected chi connectivity index (χ2v) is 9.16. The Balaban J connectivity index is 1.40. The molecule has 2 amide bonds. The van der Waals surface area contributed by atoms with Gasteiger partial charge in [-0.2, -0.15) is 5.26 Å². The molecule has 0 radical (unpaired) electrons. The number of ether oxygens (including phenoxy) is 1. The van der Waals surface area contributed by atoms with E-state index in [9.17, 15) is 19.2 Å². The highest BCUT2D eigenvalue weighted by molar-refractivity contribution is 5.92. The van der Waals surface area contributed by atoms with Crippen LogP contribution < -0.4 is 10.6 Å². The molecule has 4 atom stereocenters. The zero-order chi connectivity index (χ0) is 24.9. The molecule has 1 aliphatic carbocycles. The van der Waals surface area contributed by atoms with Crippen molar-refractivity contribution < 1.29 is 23.1 Å². The van der Waals surface area contributed by atoms with Gasteiger partial charge in [0.15, 0.2) is 5.76 Å². The van der Waals surface area contributed by atoms with Gasteiger partial charge in [-0.15, -0.1) is 0 Å². The lowest BCUT2D eigenvalue weighted by Gasteiger charge is -2.23. The molecule has 1 saturated carbocycles. The number of methoxy groups -OCH3 is 1. The smallest absolute Gasteiger partial charge is 0.289 e. The van der Waals surface area contributed by atoms with Crippen molar-refractivity contribution in [2.45, 2.75) is 50.7 Å². The molecule has 35 heavy (non-hydrogen) atoms. The predicted molar refractivity (Wildman–Crippen MR) is 127 cm³/mol. The van der Waals surface area contributed by atoms with Gasteiger partial charge >= 0.3 is 0 Å². The first-order chi connectivity index (χ1) is 16.9. The normalized spacial score (nSPS) is 21.5. The highest BCUT2D eigenvalue weighted by Gasteiger charge is 2.43. The van der Waals surface area contributed by atoms with Crippen LogP contribution in [0.4, 0.5) is 4.39 Å². The van der Waals surface area contributed by atoms with E-state index in [-0.39, 0.29) is 30.0 Å². The molecule has 2 N–H and O–H groups in total. The number of carbonyl (C=O) groups is 2. The average molecular weight is 483 g/mol. The number of nitriles is 1. The van der Waals surface area contributed by atoms with Gasteiger partial charge in [0.2, 0.25) is 5.91 Å². The summed E-state index contributed by atoms with van der Waals surface area (Å²) in [6.45, 7) is 3.25. The van der Waals surface area contributed by atoms with Crippen LogP contribution in [-0.4, -0.2) is 61.6 Å². The van der Waals surface area contributed by atoms with Gasteiger partial charge in [0.25, 0.3) is 5.91 Å². The maximum Gasteiger partial charge on any atom is 0.289 e. The maximum atomic E-state index is 14.9. The topological polar surface area (TPSA) is 108 Å². The van der Waals surface area contributed by atoms with E-state index in [0.29, 0.717) is 48.5 Å². The van der Waals surface area contributed by atoms with Crippen LogP contribution in [0.15, 0.2) is 34.7 Å². The van der Waals surface area contributed by atoms with E-state index >= 15 is 0 Å². The molecule has 8 nitrogen and oxygen atoms in total. The van der Waals surface area contributed by atoms with Crippen molar-refractivity contribution in [1.29, 1.82) is 5.26 Å². The first-order valence-corrected chi connectivity index (χ1v) is 12.1. The summed E-state index contributed by atoms with van der Waals surface area (Å²) in [5.74, 6) is -0.108. The Morgan fingerprint density at radius 3 is 2.80 bits per heavy atom. The van der Waals surface area contributed by atoms with E-state index < -0.39 is 11.9 Å². The number of halogens is 1. The number of benzene rings is 1. The third-order valence-electron chi connectivity index (χ3n) is 6.93. The summed E-state index contributed by atoms with van der Waals surface area (Å²) < 4.78 is 25.7. The first-order valence-electron chi connectivity index (χ1n) is 12.1. The van der Waals surface area contributed by atoms with E-state index in [1.54, 1.807) is 36.3 Å². The van der Waals surface area contributed by atoms with Crippen LogP contribution in [-0.2, 0) is 16.0 Å². The van der Waals surface area contributed by atoms with Crippen LogP contribution in [0.25, 0.3) is 11.3 Å². The quantitative estimate of drug-likeness (QED) is 0.539. The van der Waals surface area contributed by atoms with Crippen LogP contribution in [0.1, 0.15) is 42.3 Å². The number of hydrogen-bond donors (Lipinski definition) is 2. The monoisotopic (exact) mass is 482 g/mol. The number of hydrogen-bond acceptors (Lipinski definition) is 6. The number of piperidine rings is 1. The molecule has 1 aliphatic heterocycles. The molecule has 186 valence electrons. The van der Waals surface area contributed by atoms with Gasteiger partial charge < -0.3 is 24.7 Å². The summed E-state index contributed by atoms with van der Waals surface area (Å²) in [7, 11) is 1.57. The summed E-state index contributed by atoms with van der Waals surface area (Å²) in [5, 5.41) is 15.6. The minimum Gasteiger partial charge on any atom is -0.451 e. The van der Waals surface area contributed by atoms with Crippen LogP contribution in [0.2, 0.25) is 0 Å². The molecular weight excluding hydrogens is 451 g/mol. The van der Waals surface area contributed by atoms with Gasteiger partial charge in [0.05, 0.1) is 18.7 Å². The second-order valence-electron chi connectivity index (χ2n) is 9.16. The summed E-state index contributed by atoms with van der Waals surface area (Å²) in [6.07, 6.45) is 3.16. The van der Waals surface area contributed by atoms with E-state index in [0.717, 1.165) is 19.3 Å². The van der Waals surface area contributed by atoms with E-state index in [1.807, 2.05) is 6.92 Å². The number of carbonyl (C=O) groups excluding carboxylic acids is 2. The van der Waals surface area contributed by atoms with E-state index in [4.69, 9.17) is 9.15 Å². The average Bonchev–Trinajstić information content (AvgIpc) is 3.62. The minimum atomic E-state index is -0.830. The maximum absolute atomic E-state index is 14.9. The largest absolute Gasteiger partial charge is 0.451 e. The zero-order valence-electron chi connectivity index (χ0n) is 20.1. The van der Waals surface area contributed by atoms with E-state index in [1.165, 1.54) is 6.07 Å². The number of rotatable bonds is 10. The lowest BCUT2D eigenvalue weighted by atomic mass is 9.98. The van der Waals surface area contributed by atoms with Crippen molar-refractivity contribution >= 4 is 11.8 Å². The van der Waals surface area contributed by atoms with Crippen molar-refractivity contribution in [1.82, 2.24) is 15.5 Å². The minimum absolute atomic E-state index is 0.0576. The molecule has 2 fully saturated rings. The van der Waals surface area contributed by atoms with Crippen LogP contribution in [0.3, 0.4) is 0 Å². The SMILES string of the molecule is CCN(CCOC)C(=O)c1ccc(-c2ccc(C[C@@H](C#N)NC(=O)[C@H]3N[C@@H]4CC[C@H]3C4)c(F)c2)o1. The van der Waals surface area contributed by atoms with Crippen LogP contribution >= 0.6 is 0 Å². The number of amides is 2. The van der Waals surface area contributed by atoms with Crippen LogP contribution in [0, 0.1) is 23.1 Å². The fourth-order valence-corrected chi connectivity index (χ4v) is 5.00. The van der Waals surface area contributed by atoms with Crippen LogP contribution in [0.5, 0.6) is 0 Å². The molecule has 4 rings (SSSR count). The Morgan fingerprint density at radius 2 is 2.17 bits per heavy atom. The van der Waals surface area contributed by atoms with Crippen molar-refractivity contribution in [2.75, 3.05) is 26.8 Å². The fraction of sp³-hybridized carbons (Fsp3) is 0.500. The number of nitrogens with one attached hydrogen (secondary N) is 2. The van der Waals surface area contributed by atoms with Gasteiger partial charge in [-0.3, -0.25) is 9.59 Å². The summed E-state index contributed by atoms with van der Waals surface area (Å²) in [5.41, 5.74) is 0.801. The lowest BCUT2D eigenvalue weighted by molar-refractivity contribution is -0.124. The molecule has 1 saturated heterocycles. The molecule has 9 heteroatoms. The van der Waals surface area contributed by atoms with Crippen molar-refractivity contribution in [3.8, 4) is 17.4 Å². The standard InChI is InChI=1S/C26H31FN4O4/c1-3-31(10-11-34-2)26(33)23-9-8-22(35-23)17-5-4-16(21(27)14-17)12-20(15-28)30-25(32)24-18-6-7-19(13-18)29-24/h4-5,8-9,14,18-20,24,29H,3,6-7,10-13H2,1-2H3,(H,30,32)/t18-,19+,20-,24-/m0/s1. The highest BCUT2D eigenvalue weighted by atomic mass is 19.1. The fourth-order valence-electron chi connectivity index (χ4n) is 5.00. The third-order valence-corrected chi connectivity index (χ3v) is 6.93. The Labute approximate surface area is 204 Å². The molecule has 2 aromatic rings. The highest BCUT2D eigenvalue weighted by Crippen LogP contribution is 2.35. The van der Waals surface area contributed by atoms with Crippen molar-refractivity contribution in [3.05, 3.63) is 47.5 Å². The third kappa shape index (κ3) is 5.55. The summed E-state index contributed by atoms with van der Waals surface area (Å²) in [4.78, 5) is 26.9. The Bertz CT molecular complexity index is 1110. The Kier molecular flexibility index (Phi) is 7.83. The molecule has 2 aliphatic rings. The first kappa shape index (κ1) is 24.9. The number of likely N-dealkylation sites (N-methyl/N-ethyl adjacent to an activating group) is 1. The molecule has 2 bridgehead atoms. The predicted octanol–water partition coefficient (Wildman–Crippen LogP) is 2.89. The zero-order valence-corrected chi connectivity index (χ0v) is 20.1. The second kappa shape index (κ2) is 11.0. The Hall–Kier alpha value is -3.22. The molecule has 0 unspecified atom stereocenters. The van der Waals surface area contributed by atoms with Gasteiger partial charge in [-0.05, 0) is 55.9 Å². The van der Waals surface area contributed by atoms with Gasteiger partial charge in [-0.1, -0.05) is 12.1 Å². The van der Waals surface area contributed by atoms with E-state index in [2.05, 4.69) is 16.7 Å². The number of furan rings is 1. The van der Waals surface area contributed by atoms with Crippen molar-refractivity contribution in [3.63, 3.8) is 0 Å². The molecule has 0 spiro atoms. The lowest BCUT2D eigenvalue weighted by Crippen LogP contribution is -2.50. The van der Waals surface area contributed by atoms with Gasteiger partial charge in [0, 0.05) is 38.2 Å². The van der Waals surface area contributed by atoms with Crippen molar-refractivity contribution in [2.24, 2.45) is 5.92 Å². The number of nitrogens with zero attached hydrogens (tertiary/aromatic N) is 2. The van der Waals surface area contributed by atoms with Gasteiger partial charge in [0.1, 0.15) is 17.6 Å². The van der Waals surface area contributed by atoms with Gasteiger partial charge in [-0.25, -0.2) is 4.39 Å².